The van der Waals surface area contributed by atoms with Crippen LogP contribution in [0.1, 0.15) is 32.6 Å². The molecule has 11 heteroatoms. The van der Waals surface area contributed by atoms with Crippen LogP contribution in [0.25, 0.3) is 10.9 Å². The third-order valence-electron chi connectivity index (χ3n) is 7.75. The van der Waals surface area contributed by atoms with E-state index in [-0.39, 0.29) is 11.7 Å². The fraction of sp³-hybridized carbons (Fsp3) is 0.500. The molecule has 0 amide bonds. The molecule has 2 atom stereocenters. The van der Waals surface area contributed by atoms with Gasteiger partial charge in [0.25, 0.3) is 5.56 Å². The summed E-state index contributed by atoms with van der Waals surface area (Å²) < 4.78 is 36.7. The lowest BCUT2D eigenvalue weighted by Gasteiger charge is -2.25. The van der Waals surface area contributed by atoms with E-state index < -0.39 is 24.1 Å². The molecule has 1 aliphatic carbocycles. The highest BCUT2D eigenvalue weighted by atomic mass is 35.5. The van der Waals surface area contributed by atoms with Crippen molar-refractivity contribution in [1.82, 2.24) is 14.5 Å². The van der Waals surface area contributed by atoms with Crippen molar-refractivity contribution >= 4 is 45.6 Å². The first kappa shape index (κ1) is 24.2. The van der Waals surface area contributed by atoms with E-state index in [0.29, 0.717) is 45.0 Å². The Hall–Kier alpha value is -3.14. The molecule has 2 aliphatic heterocycles. The molecule has 1 saturated carbocycles. The van der Waals surface area contributed by atoms with E-state index in [1.54, 1.807) is 31.4 Å². The zero-order valence-electron chi connectivity index (χ0n) is 20.7. The molecule has 4 heterocycles. The predicted molar refractivity (Wildman–Crippen MR) is 141 cm³/mol. The topological polar surface area (TPSA) is 84.3 Å². The summed E-state index contributed by atoms with van der Waals surface area (Å²) in [4.78, 5) is 24.3. The highest BCUT2D eigenvalue weighted by Gasteiger charge is 2.51. The van der Waals surface area contributed by atoms with E-state index in [4.69, 9.17) is 16.3 Å². The maximum Gasteiger partial charge on any atom is 0.301 e. The van der Waals surface area contributed by atoms with Gasteiger partial charge in [0.05, 0.1) is 23.4 Å². The number of fused-ring (bicyclic) bond motifs is 3. The monoisotopic (exact) mass is 530 g/mol. The van der Waals surface area contributed by atoms with Crippen LogP contribution in [-0.4, -0.2) is 46.2 Å². The summed E-state index contributed by atoms with van der Waals surface area (Å²) in [6.45, 7) is 3.16. The quantitative estimate of drug-likeness (QED) is 0.470. The van der Waals surface area contributed by atoms with Gasteiger partial charge in [-0.25, -0.2) is 13.8 Å². The molecule has 1 saturated heterocycles. The molecular weight excluding hydrogens is 502 g/mol. The van der Waals surface area contributed by atoms with Crippen LogP contribution in [0.15, 0.2) is 29.2 Å². The number of aromatic nitrogens is 3. The van der Waals surface area contributed by atoms with Crippen LogP contribution in [0.5, 0.6) is 5.75 Å². The first-order chi connectivity index (χ1) is 17.7. The molecule has 0 unspecified atom stereocenters. The van der Waals surface area contributed by atoms with Crippen molar-refractivity contribution in [2.45, 2.75) is 44.6 Å². The number of ether oxygens (including phenoxy) is 1. The number of aryl methyl sites for hydroxylation is 1. The van der Waals surface area contributed by atoms with Gasteiger partial charge in [-0.3, -0.25) is 4.79 Å². The lowest BCUT2D eigenvalue weighted by molar-refractivity contribution is -0.0579. The smallest absolute Gasteiger partial charge is 0.301 e. The second kappa shape index (κ2) is 9.01. The Balaban J connectivity index is 1.38. The fourth-order valence-electron chi connectivity index (χ4n) is 5.37. The summed E-state index contributed by atoms with van der Waals surface area (Å²) >= 11 is 6.44. The van der Waals surface area contributed by atoms with E-state index in [0.717, 1.165) is 38.8 Å². The average molecular weight is 531 g/mol. The molecule has 2 aromatic heterocycles. The van der Waals surface area contributed by atoms with Gasteiger partial charge in [-0.2, -0.15) is 4.98 Å². The highest BCUT2D eigenvalue weighted by Crippen LogP contribution is 2.45. The Kier molecular flexibility index (Phi) is 5.89. The summed E-state index contributed by atoms with van der Waals surface area (Å²) in [6, 6.07) is 4.29. The normalized spacial score (nSPS) is 22.8. The zero-order valence-corrected chi connectivity index (χ0v) is 21.5. The molecule has 2 N–H and O–H groups in total. The molecule has 196 valence electrons. The maximum atomic E-state index is 14.9. The maximum absolute atomic E-state index is 14.9. The van der Waals surface area contributed by atoms with Crippen LogP contribution in [-0.2, 0) is 7.05 Å². The molecule has 37 heavy (non-hydrogen) atoms. The number of alkyl halides is 2. The predicted octanol–water partition coefficient (Wildman–Crippen LogP) is 5.18. The second-order valence-electron chi connectivity index (χ2n) is 10.3. The molecule has 0 spiro atoms. The molecule has 0 bridgehead atoms. The van der Waals surface area contributed by atoms with Crippen molar-refractivity contribution in [1.29, 1.82) is 0 Å². The van der Waals surface area contributed by atoms with Gasteiger partial charge in [-0.15, -0.1) is 0 Å². The first-order valence-corrected chi connectivity index (χ1v) is 13.1. The lowest BCUT2D eigenvalue weighted by atomic mass is 10.0. The number of hydrogen-bond acceptors (Lipinski definition) is 7. The van der Waals surface area contributed by atoms with Gasteiger partial charge in [0.1, 0.15) is 5.02 Å². The van der Waals surface area contributed by atoms with E-state index in [1.165, 1.54) is 4.57 Å². The van der Waals surface area contributed by atoms with Gasteiger partial charge in [0.15, 0.2) is 12.4 Å². The first-order valence-electron chi connectivity index (χ1n) is 12.7. The molecule has 2 fully saturated rings. The van der Waals surface area contributed by atoms with Crippen molar-refractivity contribution in [3.63, 3.8) is 0 Å². The Morgan fingerprint density at radius 3 is 2.84 bits per heavy atom. The van der Waals surface area contributed by atoms with E-state index >= 15 is 0 Å². The SMILES string of the molecule is CC[C@H]1CCN(c2ncc(Cl)c(Nc3ccc4c(c3)c3c(c(=O)n4C)OCC(F)(F)[C@H](C4CC4)N3)n2)C1. The second-order valence-corrected chi connectivity index (χ2v) is 10.7. The number of benzene rings is 1. The minimum atomic E-state index is -3.09. The Morgan fingerprint density at radius 2 is 2.11 bits per heavy atom. The number of nitrogens with one attached hydrogen (secondary N) is 2. The van der Waals surface area contributed by atoms with Crippen molar-refractivity contribution in [3.8, 4) is 5.75 Å². The van der Waals surface area contributed by atoms with Crippen molar-refractivity contribution in [3.05, 3.63) is 39.8 Å². The number of pyridine rings is 1. The number of nitrogens with zero attached hydrogens (tertiary/aromatic N) is 4. The number of anilines is 4. The van der Waals surface area contributed by atoms with Crippen LogP contribution >= 0.6 is 11.6 Å². The van der Waals surface area contributed by atoms with Crippen LogP contribution in [0.4, 0.5) is 31.9 Å². The Labute approximate surface area is 218 Å². The van der Waals surface area contributed by atoms with Gasteiger partial charge in [-0.1, -0.05) is 24.9 Å². The average Bonchev–Trinajstić information content (AvgIpc) is 3.62. The van der Waals surface area contributed by atoms with Gasteiger partial charge < -0.3 is 24.8 Å². The third kappa shape index (κ3) is 4.35. The van der Waals surface area contributed by atoms with Gasteiger partial charge in [0, 0.05) is 31.2 Å². The lowest BCUT2D eigenvalue weighted by Crippen LogP contribution is -2.44. The van der Waals surface area contributed by atoms with Crippen molar-refractivity contribution < 1.29 is 13.5 Å². The number of halogens is 3. The van der Waals surface area contributed by atoms with Crippen LogP contribution in [0, 0.1) is 11.8 Å². The summed E-state index contributed by atoms with van der Waals surface area (Å²) in [6.07, 6.45) is 5.26. The largest absolute Gasteiger partial charge is 0.480 e. The summed E-state index contributed by atoms with van der Waals surface area (Å²) in [5.41, 5.74) is 1.09. The Morgan fingerprint density at radius 1 is 1.30 bits per heavy atom. The Bertz CT molecular complexity index is 1430. The zero-order chi connectivity index (χ0) is 25.9. The minimum absolute atomic E-state index is 0.0863. The van der Waals surface area contributed by atoms with E-state index in [2.05, 4.69) is 32.4 Å². The van der Waals surface area contributed by atoms with Gasteiger partial charge in [0.2, 0.25) is 11.7 Å². The van der Waals surface area contributed by atoms with Crippen molar-refractivity contribution in [2.24, 2.45) is 18.9 Å². The standard InChI is InChI=1S/C26H29ClF2N6O2/c1-3-14-8-9-35(12-14)25-30-11-18(27)23(33-25)31-16-6-7-19-17(10-16)20-21(24(36)34(19)2)37-13-26(28,29)22(32-20)15-4-5-15/h6-7,10-11,14-15,22,32H,3-5,8-9,12-13H2,1-2H3,(H,30,31,33)/t14-,22-/m0/s1. The van der Waals surface area contributed by atoms with Gasteiger partial charge >= 0.3 is 5.92 Å². The molecule has 6 rings (SSSR count). The van der Waals surface area contributed by atoms with E-state index in [1.807, 2.05) is 0 Å². The fourth-order valence-corrected chi connectivity index (χ4v) is 5.51. The van der Waals surface area contributed by atoms with Gasteiger partial charge in [-0.05, 0) is 49.3 Å². The number of rotatable bonds is 5. The molecule has 8 nitrogen and oxygen atoms in total. The summed E-state index contributed by atoms with van der Waals surface area (Å²) in [5.74, 6) is -1.64. The van der Waals surface area contributed by atoms with Crippen LogP contribution in [0.2, 0.25) is 5.02 Å². The van der Waals surface area contributed by atoms with Crippen LogP contribution in [0.3, 0.4) is 0 Å². The summed E-state index contributed by atoms with van der Waals surface area (Å²) in [7, 11) is 1.61. The highest BCUT2D eigenvalue weighted by molar-refractivity contribution is 6.32. The van der Waals surface area contributed by atoms with Crippen LogP contribution < -0.4 is 25.8 Å². The minimum Gasteiger partial charge on any atom is -0.480 e. The molecule has 1 aromatic carbocycles. The number of hydrogen-bond donors (Lipinski definition) is 2. The molecular formula is C26H29ClF2N6O2. The van der Waals surface area contributed by atoms with E-state index in [9.17, 15) is 13.6 Å². The molecule has 3 aliphatic rings. The molecule has 3 aromatic rings. The third-order valence-corrected chi connectivity index (χ3v) is 8.03. The molecule has 0 radical (unpaired) electrons. The summed E-state index contributed by atoms with van der Waals surface area (Å²) in [5, 5.41) is 7.23. The van der Waals surface area contributed by atoms with Crippen molar-refractivity contribution in [2.75, 3.05) is 35.2 Å².